The molecule has 0 aliphatic heterocycles. The lowest BCUT2D eigenvalue weighted by Crippen LogP contribution is -2.39. The highest BCUT2D eigenvalue weighted by Gasteiger charge is 2.36. The molecule has 20 heavy (non-hydrogen) atoms. The van der Waals surface area contributed by atoms with E-state index in [0.29, 0.717) is 6.42 Å². The van der Waals surface area contributed by atoms with Crippen LogP contribution in [0.15, 0.2) is 12.2 Å². The summed E-state index contributed by atoms with van der Waals surface area (Å²) in [5.41, 5.74) is -0.341. The molecule has 0 atom stereocenters. The summed E-state index contributed by atoms with van der Waals surface area (Å²) in [5, 5.41) is 0. The van der Waals surface area contributed by atoms with Gasteiger partial charge in [0, 0.05) is 5.57 Å². The molecule has 0 heterocycles. The zero-order chi connectivity index (χ0) is 15.2. The molecule has 0 spiro atoms. The van der Waals surface area contributed by atoms with E-state index in [2.05, 4.69) is 11.3 Å². The van der Waals surface area contributed by atoms with Crippen LogP contribution in [0.4, 0.5) is 0 Å². The number of carbonyl (C=O) groups excluding carboxylic acids is 3. The first-order valence-corrected chi connectivity index (χ1v) is 6.99. The molecule has 0 saturated heterocycles. The van der Waals surface area contributed by atoms with Crippen LogP contribution in [0, 0.1) is 0 Å². The van der Waals surface area contributed by atoms with Gasteiger partial charge in [0.1, 0.15) is 5.60 Å². The maximum atomic E-state index is 11.8. The summed E-state index contributed by atoms with van der Waals surface area (Å²) in [7, 11) is 0. The Kier molecular flexibility index (Phi) is 5.92. The average Bonchev–Trinajstić information content (AvgIpc) is 2.45. The quantitative estimate of drug-likeness (QED) is 0.425. The number of hydrogen-bond acceptors (Lipinski definition) is 5. The van der Waals surface area contributed by atoms with E-state index in [4.69, 9.17) is 4.74 Å². The van der Waals surface area contributed by atoms with Gasteiger partial charge in [-0.25, -0.2) is 9.59 Å². The predicted octanol–water partition coefficient (Wildman–Crippen LogP) is 2.33. The third-order valence-corrected chi connectivity index (χ3v) is 3.63. The summed E-state index contributed by atoms with van der Waals surface area (Å²) >= 11 is 0. The van der Waals surface area contributed by atoms with Crippen molar-refractivity contribution in [1.29, 1.82) is 0 Å². The molecule has 0 bridgehead atoms. The van der Waals surface area contributed by atoms with Crippen LogP contribution >= 0.6 is 0 Å². The summed E-state index contributed by atoms with van der Waals surface area (Å²) in [6, 6.07) is 0. The molecule has 5 nitrogen and oxygen atoms in total. The van der Waals surface area contributed by atoms with E-state index >= 15 is 0 Å². The van der Waals surface area contributed by atoms with Gasteiger partial charge in [0.2, 0.25) is 0 Å². The van der Waals surface area contributed by atoms with Gasteiger partial charge >= 0.3 is 11.9 Å². The number of Topliss-reactive ketones (excluding diaryl/α,β-unsaturated/α-hetero) is 1. The van der Waals surface area contributed by atoms with Crippen LogP contribution in [0.3, 0.4) is 0 Å². The van der Waals surface area contributed by atoms with Gasteiger partial charge in [0.15, 0.2) is 6.61 Å². The minimum Gasteiger partial charge on any atom is -0.454 e. The molecule has 0 aromatic carbocycles. The lowest BCUT2D eigenvalue weighted by molar-refractivity contribution is -0.171. The fourth-order valence-electron chi connectivity index (χ4n) is 2.29. The van der Waals surface area contributed by atoms with Gasteiger partial charge in [-0.3, -0.25) is 4.79 Å². The highest BCUT2D eigenvalue weighted by Crippen LogP contribution is 2.34. The van der Waals surface area contributed by atoms with Gasteiger partial charge in [-0.15, -0.1) is 0 Å². The van der Waals surface area contributed by atoms with E-state index in [1.165, 1.54) is 6.92 Å². The number of ether oxygens (including phenoxy) is 2. The predicted molar refractivity (Wildman–Crippen MR) is 73.0 cm³/mol. The number of rotatable bonds is 6. The van der Waals surface area contributed by atoms with E-state index in [-0.39, 0.29) is 5.57 Å². The lowest BCUT2D eigenvalue weighted by Gasteiger charge is -2.35. The fourth-order valence-corrected chi connectivity index (χ4v) is 2.29. The van der Waals surface area contributed by atoms with Crippen molar-refractivity contribution < 1.29 is 23.9 Å². The second-order valence-corrected chi connectivity index (χ2v) is 5.27. The topological polar surface area (TPSA) is 69.7 Å². The maximum absolute atomic E-state index is 11.8. The molecule has 0 amide bonds. The maximum Gasteiger partial charge on any atom is 0.378 e. The number of hydrogen-bond donors (Lipinski definition) is 0. The smallest absolute Gasteiger partial charge is 0.378 e. The minimum atomic E-state index is -0.914. The molecule has 1 rings (SSSR count). The Labute approximate surface area is 119 Å². The first-order chi connectivity index (χ1) is 9.40. The average molecular weight is 282 g/mol. The Bertz CT molecular complexity index is 404. The largest absolute Gasteiger partial charge is 0.454 e. The van der Waals surface area contributed by atoms with Gasteiger partial charge in [0.25, 0.3) is 5.78 Å². The van der Waals surface area contributed by atoms with Crippen LogP contribution < -0.4 is 0 Å². The lowest BCUT2D eigenvalue weighted by atomic mass is 9.83. The Morgan fingerprint density at radius 3 is 2.20 bits per heavy atom. The number of carbonyl (C=O) groups is 3. The van der Waals surface area contributed by atoms with Crippen molar-refractivity contribution >= 4 is 17.7 Å². The molecule has 0 N–H and O–H groups in total. The standard InChI is InChI=1S/C15H22O5/c1-4-15(8-6-5-7-9-15)20-14(18)12(16)10-19-13(17)11(2)3/h2,4-10H2,1,3H3. The molecule has 0 unspecified atom stereocenters. The van der Waals surface area contributed by atoms with Crippen LogP contribution in [0.5, 0.6) is 0 Å². The van der Waals surface area contributed by atoms with Crippen molar-refractivity contribution in [1.82, 2.24) is 0 Å². The van der Waals surface area contributed by atoms with Crippen molar-refractivity contribution in [3.8, 4) is 0 Å². The Hall–Kier alpha value is -1.65. The molecule has 0 radical (unpaired) electrons. The molecule has 112 valence electrons. The Morgan fingerprint density at radius 1 is 1.10 bits per heavy atom. The zero-order valence-electron chi connectivity index (χ0n) is 12.2. The minimum absolute atomic E-state index is 0.184. The van der Waals surface area contributed by atoms with Crippen LogP contribution in [-0.4, -0.2) is 29.9 Å². The highest BCUT2D eigenvalue weighted by molar-refractivity contribution is 6.34. The SMILES string of the molecule is C=C(C)C(=O)OCC(=O)C(=O)OC1(CC)CCCCC1. The summed E-state index contributed by atoms with van der Waals surface area (Å²) in [4.78, 5) is 34.5. The molecule has 1 aliphatic carbocycles. The molecular weight excluding hydrogens is 260 g/mol. The van der Waals surface area contributed by atoms with Crippen LogP contribution in [0.1, 0.15) is 52.4 Å². The molecule has 0 aromatic rings. The first kappa shape index (κ1) is 16.4. The molecular formula is C15H22O5. The summed E-state index contributed by atoms with van der Waals surface area (Å²) in [6.45, 7) is 6.22. The second kappa shape index (κ2) is 7.22. The van der Waals surface area contributed by atoms with Gasteiger partial charge in [-0.1, -0.05) is 19.9 Å². The molecule has 5 heteroatoms. The van der Waals surface area contributed by atoms with E-state index in [0.717, 1.165) is 32.1 Å². The normalized spacial score (nSPS) is 17.1. The second-order valence-electron chi connectivity index (χ2n) is 5.27. The monoisotopic (exact) mass is 282 g/mol. The van der Waals surface area contributed by atoms with Gasteiger partial charge in [-0.05, 0) is 39.0 Å². The van der Waals surface area contributed by atoms with E-state index in [9.17, 15) is 14.4 Å². The van der Waals surface area contributed by atoms with Crippen LogP contribution in [-0.2, 0) is 23.9 Å². The van der Waals surface area contributed by atoms with Gasteiger partial charge in [0.05, 0.1) is 0 Å². The molecule has 1 aliphatic rings. The fraction of sp³-hybridized carbons (Fsp3) is 0.667. The third-order valence-electron chi connectivity index (χ3n) is 3.63. The molecule has 1 saturated carbocycles. The van der Waals surface area contributed by atoms with Gasteiger partial charge < -0.3 is 9.47 Å². The molecule has 1 fully saturated rings. The third kappa shape index (κ3) is 4.47. The highest BCUT2D eigenvalue weighted by atomic mass is 16.6. The molecule has 0 aromatic heterocycles. The van der Waals surface area contributed by atoms with Crippen molar-refractivity contribution in [2.45, 2.75) is 58.0 Å². The van der Waals surface area contributed by atoms with Crippen molar-refractivity contribution in [2.75, 3.05) is 6.61 Å². The summed E-state index contributed by atoms with van der Waals surface area (Å²) in [6.07, 6.45) is 5.39. The summed E-state index contributed by atoms with van der Waals surface area (Å²) in [5.74, 6) is -2.43. The van der Waals surface area contributed by atoms with E-state index < -0.39 is 29.9 Å². The van der Waals surface area contributed by atoms with Crippen molar-refractivity contribution in [3.05, 3.63) is 12.2 Å². The van der Waals surface area contributed by atoms with E-state index in [1.807, 2.05) is 6.92 Å². The number of ketones is 1. The first-order valence-electron chi connectivity index (χ1n) is 6.99. The zero-order valence-corrected chi connectivity index (χ0v) is 12.2. The van der Waals surface area contributed by atoms with Crippen LogP contribution in [0.2, 0.25) is 0 Å². The van der Waals surface area contributed by atoms with Crippen molar-refractivity contribution in [3.63, 3.8) is 0 Å². The Balaban J connectivity index is 2.50. The van der Waals surface area contributed by atoms with Crippen LogP contribution in [0.25, 0.3) is 0 Å². The van der Waals surface area contributed by atoms with Crippen molar-refractivity contribution in [2.24, 2.45) is 0 Å². The summed E-state index contributed by atoms with van der Waals surface area (Å²) < 4.78 is 10.0. The van der Waals surface area contributed by atoms with Gasteiger partial charge in [-0.2, -0.15) is 0 Å². The number of esters is 2. The Morgan fingerprint density at radius 2 is 1.70 bits per heavy atom. The van der Waals surface area contributed by atoms with E-state index in [1.54, 1.807) is 0 Å².